The van der Waals surface area contributed by atoms with E-state index in [-0.39, 0.29) is 77.2 Å². The van der Waals surface area contributed by atoms with Crippen molar-refractivity contribution in [3.8, 4) is 0 Å². The Morgan fingerprint density at radius 3 is 1.99 bits per heavy atom. The van der Waals surface area contributed by atoms with Gasteiger partial charge in [0.05, 0.1) is 41.7 Å². The van der Waals surface area contributed by atoms with Gasteiger partial charge in [0.1, 0.15) is 18.3 Å². The number of allylic oxidation sites excluding steroid dienone is 6. The third-order valence-corrected chi connectivity index (χ3v) is 21.7. The number of amides is 7. The number of aryl methyl sites for hydroxylation is 2. The van der Waals surface area contributed by atoms with Crippen LogP contribution in [-0.2, 0) is 51.9 Å². The van der Waals surface area contributed by atoms with Crippen LogP contribution in [0.4, 0.5) is 0 Å². The summed E-state index contributed by atoms with van der Waals surface area (Å²) in [5, 5.41) is 28.2. The molecule has 0 spiro atoms. The second-order valence-corrected chi connectivity index (χ2v) is 28.4. The summed E-state index contributed by atoms with van der Waals surface area (Å²) in [7, 11) is -5.07. The van der Waals surface area contributed by atoms with E-state index in [9.17, 15) is 53.2 Å². The molecule has 1 aromatic carbocycles. The molecule has 17 N–H and O–H groups in total. The second kappa shape index (κ2) is 25.6. The van der Waals surface area contributed by atoms with Gasteiger partial charge in [-0.1, -0.05) is 34.6 Å². The Bertz CT molecular complexity index is 3540. The number of nitrogens with one attached hydrogen (secondary N) is 2. The van der Waals surface area contributed by atoms with Gasteiger partial charge in [0, 0.05) is 131 Å². The zero-order valence-corrected chi connectivity index (χ0v) is 54.1. The molecule has 6 aliphatic rings. The first-order valence-corrected chi connectivity index (χ1v) is 32.1. The molecule has 0 aliphatic carbocycles. The fraction of sp³-hybridized carbons (Fsp3) is 0.629. The van der Waals surface area contributed by atoms with Crippen LogP contribution in [0.2, 0.25) is 0 Å². The molecule has 7 amide bonds. The molecule has 6 aliphatic heterocycles. The number of rotatable bonds is 26. The molecule has 15 atom stereocenters. The molecule has 492 valence electrons. The van der Waals surface area contributed by atoms with E-state index in [2.05, 4.69) is 15.6 Å². The van der Waals surface area contributed by atoms with Crippen LogP contribution in [-0.4, -0.2) is 132 Å². The highest BCUT2D eigenvalue weighted by atomic mass is 31.2. The Balaban J connectivity index is 1.19. The van der Waals surface area contributed by atoms with Crippen molar-refractivity contribution in [3.63, 3.8) is 0 Å². The summed E-state index contributed by atoms with van der Waals surface area (Å²) >= 11 is 0. The van der Waals surface area contributed by atoms with Crippen molar-refractivity contribution in [2.45, 2.75) is 189 Å². The van der Waals surface area contributed by atoms with Crippen LogP contribution in [0, 0.1) is 59.2 Å². The number of carbonyl (C=O) groups is 7. The van der Waals surface area contributed by atoms with Crippen molar-refractivity contribution in [2.75, 3.05) is 13.2 Å². The molecule has 2 fully saturated rings. The van der Waals surface area contributed by atoms with Crippen molar-refractivity contribution in [3.05, 3.63) is 63.9 Å². The first-order chi connectivity index (χ1) is 41.8. The molecule has 1 aromatic heterocycles. The molecule has 28 heteroatoms. The Labute approximate surface area is 523 Å². The van der Waals surface area contributed by atoms with E-state index in [1.807, 2.05) is 87.4 Å². The van der Waals surface area contributed by atoms with Crippen LogP contribution in [0.5, 0.6) is 0 Å². The van der Waals surface area contributed by atoms with E-state index in [1.165, 1.54) is 13.3 Å². The molecule has 2 aromatic rings. The number of primary amides is 6. The zero-order valence-electron chi connectivity index (χ0n) is 53.3. The zero-order chi connectivity index (χ0) is 66.7. The quantitative estimate of drug-likeness (QED) is 0.0603. The van der Waals surface area contributed by atoms with Gasteiger partial charge in [0.25, 0.3) is 0 Å². The van der Waals surface area contributed by atoms with Crippen LogP contribution >= 0.6 is 7.82 Å². The van der Waals surface area contributed by atoms with Gasteiger partial charge in [-0.25, -0.2) is 9.55 Å². The van der Waals surface area contributed by atoms with Gasteiger partial charge in [-0.05, 0) is 108 Å². The second-order valence-electron chi connectivity index (χ2n) is 27.1. The summed E-state index contributed by atoms with van der Waals surface area (Å²) in [5.74, 6) is -7.18. The van der Waals surface area contributed by atoms with Crippen molar-refractivity contribution in [1.29, 1.82) is 0 Å². The van der Waals surface area contributed by atoms with Crippen molar-refractivity contribution in [1.82, 2.24) is 20.2 Å². The number of hydrogen-bond acceptors (Lipinski definition) is 18. The predicted molar refractivity (Wildman–Crippen MR) is 334 cm³/mol. The number of carbonyl (C=O) groups excluding carboxylic acids is 7. The smallest absolute Gasteiger partial charge is 0.394 e. The monoisotopic (exact) mass is 1270 g/mol. The van der Waals surface area contributed by atoms with Crippen LogP contribution in [0.15, 0.2) is 67.8 Å². The highest BCUT2D eigenvalue weighted by Gasteiger charge is 2.66. The number of aromatic nitrogens is 2. The summed E-state index contributed by atoms with van der Waals surface area (Å²) in [6.07, 6.45) is -4.26. The Morgan fingerprint density at radius 1 is 0.800 bits per heavy atom. The topological polar surface area (TPSA) is 460 Å². The number of benzene rings is 1. The van der Waals surface area contributed by atoms with Gasteiger partial charge in [-0.2, -0.15) is 0 Å². The maximum absolute atomic E-state index is 14.4. The minimum absolute atomic E-state index is 0.0114. The third kappa shape index (κ3) is 13.0. The summed E-state index contributed by atoms with van der Waals surface area (Å²) in [6.45, 7) is 19.3. The standard InChI is InChI=1S/C62H90N13O14P/c1-29-20-39-40(21-30(29)2)75(28-70-39)57-52(84)53(41(27-76)87-57)89-90(85,86)88-31(3)26-69-49(83)18-19-59(8)37(22-46(66)80)56-62(11)61(10,25-48(68)82)36(14-17-45(65)79)51(74-62)33(5)55-60(9,24-47(67)81)34(12-15-43(63)77)38(71-55)23-42-58(6,7)35(13-16-44(64)78)50(72-42)32(4)54(59)73-56/h20-21,23,28,31,34-37,41,52-53,56-57,71,76,84H,12-19,22,24-27H2,1-11H3,(H2,63,77)(H2,64,78)(H2,65,79)(H2,66,80)(H2,67,81)(H2,68,82)(H,69,83)(H,85,86)/b38-23-,50-32-,55-33-/t31-,34-,35-,36-,37+,41-,52-,53-,56-,57+,59-,60+,61+,62+/m1/s1. The molecule has 8 rings (SSSR count). The molecule has 2 saturated heterocycles. The lowest BCUT2D eigenvalue weighted by atomic mass is 9.55. The van der Waals surface area contributed by atoms with E-state index in [0.29, 0.717) is 56.4 Å². The minimum atomic E-state index is -5.07. The minimum Gasteiger partial charge on any atom is -0.394 e. The Hall–Kier alpha value is -7.00. The number of aliphatic hydroxyl groups is 2. The lowest BCUT2D eigenvalue weighted by molar-refractivity contribution is -0.124. The maximum atomic E-state index is 14.4. The average Bonchev–Trinajstić information content (AvgIpc) is 1.53. The largest absolute Gasteiger partial charge is 0.472 e. The molecule has 0 radical (unpaired) electrons. The van der Waals surface area contributed by atoms with Gasteiger partial charge in [-0.15, -0.1) is 0 Å². The number of phosphoric acid groups is 1. The maximum Gasteiger partial charge on any atom is 0.472 e. The Kier molecular flexibility index (Phi) is 19.6. The number of hydrogen-bond donors (Lipinski definition) is 11. The Morgan fingerprint density at radius 2 is 1.40 bits per heavy atom. The van der Waals surface area contributed by atoms with Crippen LogP contribution < -0.4 is 45.0 Å². The van der Waals surface area contributed by atoms with E-state index >= 15 is 0 Å². The summed E-state index contributed by atoms with van der Waals surface area (Å²) < 4.78 is 32.3. The highest BCUT2D eigenvalue weighted by Crippen LogP contribution is 2.63. The van der Waals surface area contributed by atoms with Crippen LogP contribution in [0.3, 0.4) is 0 Å². The number of nitrogens with zero attached hydrogens (tertiary/aromatic N) is 5. The fourth-order valence-corrected chi connectivity index (χ4v) is 16.6. The van der Waals surface area contributed by atoms with E-state index in [0.717, 1.165) is 11.1 Å². The SMILES string of the molecule is C/C1=C2N=C(/C=C3\N/C(=C(/C)C4=N[C@@](C)([C@@H]5N=C1[C@](C)(CCC(=O)NC[C@@H](C)OP(=O)(O)O[C@H]1[C@@H](O)[C@@H](n6cnc7cc(C)c(C)cc76)O[C@@H]1CO)[C@H]5CC(N)=O)[C@@](C)(CC(N)=O)[C@@H]4CCC(N)=O)[C@@](C)(CC(N)=O)[C@@H]3CCC(N)=O)C(C)(C)[C@@H]/2CCC(N)=O. The summed E-state index contributed by atoms with van der Waals surface area (Å²) in [5.41, 5.74) is 37.4. The summed E-state index contributed by atoms with van der Waals surface area (Å²) in [4.78, 5) is 126. The fourth-order valence-electron chi connectivity index (χ4n) is 15.4. The first-order valence-electron chi connectivity index (χ1n) is 30.6. The third-order valence-electron chi connectivity index (χ3n) is 20.6. The molecule has 8 bridgehead atoms. The molecule has 0 saturated carbocycles. The van der Waals surface area contributed by atoms with Gasteiger partial charge >= 0.3 is 7.82 Å². The number of nitrogens with two attached hydrogens (primary N) is 6. The van der Waals surface area contributed by atoms with Gasteiger partial charge < -0.3 is 69.4 Å². The number of phosphoric ester groups is 1. The lowest BCUT2D eigenvalue weighted by Crippen LogP contribution is -2.56. The molecule has 7 heterocycles. The summed E-state index contributed by atoms with van der Waals surface area (Å²) in [6, 6.07) is 2.70. The molecular formula is C62H90N13O14P. The van der Waals surface area contributed by atoms with Crippen LogP contribution in [0.25, 0.3) is 11.0 Å². The van der Waals surface area contributed by atoms with E-state index in [1.54, 1.807) is 4.57 Å². The van der Waals surface area contributed by atoms with Crippen molar-refractivity contribution >= 4 is 77.3 Å². The number of aliphatic imine (C=N–C) groups is 3. The first kappa shape index (κ1) is 68.9. The number of imidazole rings is 1. The number of aliphatic hydroxyl groups excluding tert-OH is 2. The average molecular weight is 1270 g/mol. The molecule has 27 nitrogen and oxygen atoms in total. The molecule has 1 unspecified atom stereocenters. The van der Waals surface area contributed by atoms with Gasteiger partial charge in [-0.3, -0.25) is 57.6 Å². The van der Waals surface area contributed by atoms with Crippen molar-refractivity contribution in [2.24, 2.45) is 94.7 Å². The molecular weight excluding hydrogens is 1180 g/mol. The molecule has 90 heavy (non-hydrogen) atoms. The van der Waals surface area contributed by atoms with Gasteiger partial charge in [0.15, 0.2) is 6.23 Å². The lowest BCUT2D eigenvalue weighted by Gasteiger charge is -2.48. The predicted octanol–water partition coefficient (Wildman–Crippen LogP) is 3.16. The van der Waals surface area contributed by atoms with Crippen molar-refractivity contribution < 1.29 is 67.0 Å². The van der Waals surface area contributed by atoms with E-state index in [4.69, 9.17) is 63.2 Å². The van der Waals surface area contributed by atoms with E-state index < -0.39 is 143 Å². The number of ether oxygens (including phenoxy) is 1. The number of fused-ring (bicyclic) bond motifs is 7. The highest BCUT2D eigenvalue weighted by molar-refractivity contribution is 7.47. The normalized spacial score (nSPS) is 34.2. The van der Waals surface area contributed by atoms with Crippen LogP contribution in [0.1, 0.15) is 150 Å². The van der Waals surface area contributed by atoms with Gasteiger partial charge in [0.2, 0.25) is 41.4 Å².